The van der Waals surface area contributed by atoms with Gasteiger partial charge in [0.2, 0.25) is 5.78 Å². The van der Waals surface area contributed by atoms with Crippen molar-refractivity contribution in [2.75, 3.05) is 39.3 Å². The number of carbonyl (C=O) groups excluding carboxylic acids is 12. The van der Waals surface area contributed by atoms with Gasteiger partial charge in [0.05, 0.1) is 72.5 Å². The highest BCUT2D eigenvalue weighted by molar-refractivity contribution is 7.08. The van der Waals surface area contributed by atoms with Gasteiger partial charge in [-0.25, -0.2) is 30.1 Å². The number of nitrogens with zero attached hydrogens (tertiary/aromatic N) is 12. The average molecular weight is 1970 g/mol. The maximum absolute atomic E-state index is 13.1. The lowest BCUT2D eigenvalue weighted by Gasteiger charge is -2.35. The molecule has 10 saturated carbocycles. The van der Waals surface area contributed by atoms with E-state index >= 15 is 0 Å². The number of nitrogens with one attached hydrogen (secondary N) is 1. The minimum absolute atomic E-state index is 0.00657. The molecule has 0 saturated heterocycles. The van der Waals surface area contributed by atoms with E-state index in [2.05, 4.69) is 49.4 Å². The van der Waals surface area contributed by atoms with Gasteiger partial charge in [0.25, 0.3) is 35.4 Å². The molecular weight excluding hydrogens is 1830 g/mol. The molecule has 6 unspecified atom stereocenters. The zero-order valence-electron chi connectivity index (χ0n) is 84.4. The van der Waals surface area contributed by atoms with E-state index in [0.717, 1.165) is 115 Å². The molecule has 10 aliphatic carbocycles. The first kappa shape index (κ1) is 102. The number of rotatable bonds is 24. The molecule has 748 valence electrons. The van der Waals surface area contributed by atoms with Crippen LogP contribution < -0.4 is 0 Å². The van der Waals surface area contributed by atoms with Gasteiger partial charge in [0.1, 0.15) is 39.3 Å². The maximum Gasteiger partial charge on any atom is 0.255 e. The molecule has 8 bridgehead atoms. The number of carbonyl (C=O) groups is 12. The summed E-state index contributed by atoms with van der Waals surface area (Å²) < 4.78 is 0. The van der Waals surface area contributed by atoms with Crippen LogP contribution in [0.15, 0.2) is 161 Å². The monoisotopic (exact) mass is 1970 g/mol. The minimum atomic E-state index is -0.560. The van der Waals surface area contributed by atoms with Crippen molar-refractivity contribution in [2.24, 2.45) is 146 Å². The van der Waals surface area contributed by atoms with Crippen LogP contribution in [-0.4, -0.2) is 179 Å². The Labute approximate surface area is 842 Å². The van der Waals surface area contributed by atoms with Crippen molar-refractivity contribution in [1.29, 1.82) is 0 Å². The van der Waals surface area contributed by atoms with Gasteiger partial charge in [-0.2, -0.15) is 53.3 Å². The molecule has 3 aromatic heterocycles. The van der Waals surface area contributed by atoms with Gasteiger partial charge in [-0.1, -0.05) is 142 Å². The van der Waals surface area contributed by atoms with E-state index in [0.29, 0.717) is 97.7 Å². The molecular formula is C113H140ClN13O12S2. The number of amides is 6. The summed E-state index contributed by atoms with van der Waals surface area (Å²) in [7, 11) is 0. The Morgan fingerprint density at radius 3 is 0.908 bits per heavy atom. The Morgan fingerprint density at radius 2 is 0.617 bits per heavy atom. The van der Waals surface area contributed by atoms with Gasteiger partial charge < -0.3 is 4.98 Å². The summed E-state index contributed by atoms with van der Waals surface area (Å²) in [5, 5.41) is 43.2. The molecule has 10 fully saturated rings. The van der Waals surface area contributed by atoms with Gasteiger partial charge in [-0.05, 0) is 329 Å². The highest BCUT2D eigenvalue weighted by atomic mass is 35.5. The molecule has 6 amide bonds. The number of aromatic amines is 1. The van der Waals surface area contributed by atoms with E-state index in [9.17, 15) is 57.5 Å². The molecule has 22 rings (SSSR count). The number of halogens is 1. The molecule has 0 radical (unpaired) electrons. The van der Waals surface area contributed by atoms with Crippen LogP contribution >= 0.6 is 34.3 Å². The first-order chi connectivity index (χ1) is 67.3. The molecule has 6 aliphatic heterocycles. The molecule has 28 heteroatoms. The maximum atomic E-state index is 13.1. The summed E-state index contributed by atoms with van der Waals surface area (Å²) in [4.78, 5) is 156. The van der Waals surface area contributed by atoms with E-state index < -0.39 is 32.5 Å². The van der Waals surface area contributed by atoms with Crippen LogP contribution in [0.3, 0.4) is 0 Å². The molecule has 1 N–H and O–H groups in total. The number of H-pyrrole nitrogens is 1. The predicted octanol–water partition coefficient (Wildman–Crippen LogP) is 21.9. The number of hydrogen-bond acceptors (Lipinski definition) is 20. The highest BCUT2D eigenvalue weighted by Crippen LogP contribution is 2.62. The molecule has 6 aromatic rings. The number of benzene rings is 3. The smallest absolute Gasteiger partial charge is 0.255 e. The van der Waals surface area contributed by atoms with E-state index in [-0.39, 0.29) is 109 Å². The fourth-order valence-electron chi connectivity index (χ4n) is 27.8. The second-order valence-electron chi connectivity index (χ2n) is 44.7. The number of aromatic nitrogens is 1. The van der Waals surface area contributed by atoms with Crippen LogP contribution in [0.25, 0.3) is 0 Å². The minimum Gasteiger partial charge on any atom is -0.359 e. The number of aryl methyl sites for hydroxylation is 1. The Kier molecular flexibility index (Phi) is 30.1. The first-order valence-electron chi connectivity index (χ1n) is 51.8. The second kappa shape index (κ2) is 41.7. The molecule has 18 atom stereocenters. The lowest BCUT2D eigenvalue weighted by molar-refractivity contribution is -0.138. The number of thiophene rings is 2. The lowest BCUT2D eigenvalue weighted by Crippen LogP contribution is -2.45. The highest BCUT2D eigenvalue weighted by Gasteiger charge is 2.63. The van der Waals surface area contributed by atoms with Crippen molar-refractivity contribution in [3.8, 4) is 0 Å². The Bertz CT molecular complexity index is 5590. The van der Waals surface area contributed by atoms with Crippen LogP contribution in [0.2, 0.25) is 5.02 Å². The van der Waals surface area contributed by atoms with Crippen molar-refractivity contribution < 1.29 is 57.5 Å². The molecule has 9 heterocycles. The van der Waals surface area contributed by atoms with E-state index in [1.165, 1.54) is 168 Å². The fraction of sp³-hybridized carbons (Fsp3) is 0.575. The summed E-state index contributed by atoms with van der Waals surface area (Å²) in [5.41, 5.74) is 6.77. The average Bonchev–Trinajstić information content (AvgIpc) is 1.69. The van der Waals surface area contributed by atoms with Crippen molar-refractivity contribution in [1.82, 2.24) is 35.0 Å². The second-order valence-corrected chi connectivity index (χ2v) is 46.7. The molecule has 141 heavy (non-hydrogen) atoms. The van der Waals surface area contributed by atoms with Crippen LogP contribution in [0, 0.1) is 122 Å². The van der Waals surface area contributed by atoms with Gasteiger partial charge in [-0.15, -0.1) is 0 Å². The van der Waals surface area contributed by atoms with Crippen molar-refractivity contribution in [2.45, 2.75) is 257 Å². The quantitative estimate of drug-likeness (QED) is 0.0553. The molecule has 25 nitrogen and oxygen atoms in total. The fourth-order valence-corrected chi connectivity index (χ4v) is 29.3. The Morgan fingerprint density at radius 1 is 0.319 bits per heavy atom. The van der Waals surface area contributed by atoms with E-state index in [4.69, 9.17) is 11.6 Å². The number of Topliss-reactive ketones (excluding diaryl/α,β-unsaturated/α-hetero) is 6. The van der Waals surface area contributed by atoms with Crippen LogP contribution in [0.5, 0.6) is 0 Å². The predicted molar refractivity (Wildman–Crippen MR) is 551 cm³/mol. The normalized spacial score (nSPS) is 32.0. The summed E-state index contributed by atoms with van der Waals surface area (Å²) >= 11 is 8.93. The third kappa shape index (κ3) is 19.7. The SMILES string of the molecule is CC1=NN(CC(=O)c2ccc[nH]2)C(=O)C1(C)[C@@H]1C[C@H]2CC[C@@H]1C2.CC1=NN(CC(=O)c2cccc(C)c2)C(=O)C1(C)C1CCCCC1.CC1=NN(CC(=O)c2cccc(Cl)c2)C(=O)C1(C)C1CCCCC1.CC1=NN(CC(=O)c2ccccc2)C(=O)C1(C)[C@@H]1C[C@H]2CC[C@@H]1C2.CC1=NN(CC(=O)c2ccsc2)C(=O)C1(C)[C@@H]1C[C@H]2CC[C@@H]1C2.CC1=NN(CC(=O)c2ccsc2)C(=O)C1(C)[C@H]1C[C@H]2CC[C@@H]1C2. The summed E-state index contributed by atoms with van der Waals surface area (Å²) in [6.07, 6.45) is 33.1. The molecule has 16 aliphatic rings. The number of hydrogen-bond donors (Lipinski definition) is 1. The van der Waals surface area contributed by atoms with Crippen molar-refractivity contribution in [3.05, 3.63) is 175 Å². The zero-order valence-corrected chi connectivity index (χ0v) is 86.8. The number of fused-ring (bicyclic) bond motifs is 8. The van der Waals surface area contributed by atoms with Crippen LogP contribution in [-0.2, 0) is 28.8 Å². The summed E-state index contributed by atoms with van der Waals surface area (Å²) in [5.74, 6) is 7.65. The number of ketones is 6. The van der Waals surface area contributed by atoms with Crippen molar-refractivity contribution >= 4 is 139 Å². The van der Waals surface area contributed by atoms with E-state index in [1.54, 1.807) is 72.9 Å². The van der Waals surface area contributed by atoms with Crippen LogP contribution in [0.1, 0.15) is 318 Å². The third-order valence-corrected chi connectivity index (χ3v) is 38.5. The van der Waals surface area contributed by atoms with Crippen molar-refractivity contribution in [3.63, 3.8) is 0 Å². The number of hydrazone groups is 6. The Balaban J connectivity index is 0.000000117. The van der Waals surface area contributed by atoms with Gasteiger partial charge in [0, 0.05) is 49.8 Å². The lowest BCUT2D eigenvalue weighted by atomic mass is 9.66. The first-order valence-corrected chi connectivity index (χ1v) is 54.1. The molecule has 3 aromatic carbocycles. The topological polar surface area (TPSA) is 314 Å². The standard InChI is InChI=1S/C20H24N2O2.C20H26N2O2.C19H23ClN2O2.C18H23N3O2.2C18H22N2O2S/c1-13-20(2,17-11-14-8-9-16(17)10-14)19(24)22(21-13)12-18(23)15-6-4-3-5-7-15;1-14-8-7-9-16(12-14)18(23)13-22-19(24)20(3,15(2)21-22)17-10-5-4-6-11-17;1-13-19(2,15-8-4-3-5-9-15)18(24)22(21-13)12-17(23)14-7-6-10-16(20)11-14;1-11-18(2,14-9-12-5-6-13(14)8-12)17(23)21(20-11)10-16(22)15-4-3-7-19-15;2*1-11-18(2,15-8-12-3-4-13(15)7-12)17(22)20(19-11)9-16(21)14-5-6-23-10-14/h3-7,14,16-17H,8-12H2,1-2H3;7-9,12,17H,4-6,10-11,13H2,1-3H3;6-7,10-11,15H,3-5,8-9,12H2,1-2H3;3-4,7,12-14,19H,5-6,8-10H2,1-2H3;2*5-6,10,12-13,15H,3-4,7-9H2,1-2H3/t14-,16+,17+,20?;;;12-,13+,14+,18?;12-,13+,15+,18?;12-,13+,15-,18?/m0..000/s1. The summed E-state index contributed by atoms with van der Waals surface area (Å²) in [6.45, 7) is 26.0. The van der Waals surface area contributed by atoms with E-state index in [1.807, 2.05) is 134 Å². The van der Waals surface area contributed by atoms with Crippen LogP contribution in [0.4, 0.5) is 0 Å². The van der Waals surface area contributed by atoms with Gasteiger partial charge in [-0.3, -0.25) is 57.5 Å². The van der Waals surface area contributed by atoms with Gasteiger partial charge in [0.15, 0.2) is 28.9 Å². The molecule has 0 spiro atoms. The largest absolute Gasteiger partial charge is 0.359 e. The Hall–Kier alpha value is -10.5. The summed E-state index contributed by atoms with van der Waals surface area (Å²) in [6, 6.07) is 30.5. The van der Waals surface area contributed by atoms with Gasteiger partial charge >= 0.3 is 0 Å². The third-order valence-electron chi connectivity index (χ3n) is 36.9. The zero-order chi connectivity index (χ0) is 100.